The number of nitrogens with one attached hydrogen (secondary N) is 2. The Balaban J connectivity index is 1.39. The number of nitrogens with zero attached hydrogens (tertiary/aromatic N) is 4. The molecule has 1 fully saturated rings. The number of carbonyl (C=O) groups is 1. The van der Waals surface area contributed by atoms with Gasteiger partial charge in [-0.3, -0.25) is 9.69 Å². The highest BCUT2D eigenvalue weighted by Gasteiger charge is 2.22. The molecule has 0 aliphatic carbocycles. The molecule has 0 unspecified atom stereocenters. The van der Waals surface area contributed by atoms with Gasteiger partial charge >= 0.3 is 0 Å². The Bertz CT molecular complexity index is 1670. The molecule has 0 radical (unpaired) electrons. The van der Waals surface area contributed by atoms with Crippen LogP contribution in [-0.4, -0.2) is 88.1 Å². The number of carbonyl (C=O) groups excluding carboxylic acids is 1. The van der Waals surface area contributed by atoms with Crippen molar-refractivity contribution in [3.63, 3.8) is 0 Å². The topological polar surface area (TPSA) is 126 Å². The minimum absolute atomic E-state index is 0.0730. The molecule has 11 nitrogen and oxygen atoms in total. The zero-order valence-corrected chi connectivity index (χ0v) is 24.6. The smallest absolute Gasteiger partial charge is 0.238 e. The fourth-order valence-electron chi connectivity index (χ4n) is 4.69. The monoisotopic (exact) mass is 590 g/mol. The average Bonchev–Trinajstić information content (AvgIpc) is 2.98. The molecule has 0 saturated carbocycles. The number of hydrogen-bond acceptors (Lipinski definition) is 10. The average molecular weight is 591 g/mol. The van der Waals surface area contributed by atoms with E-state index in [-0.39, 0.29) is 23.0 Å². The lowest BCUT2D eigenvalue weighted by Crippen LogP contribution is -2.47. The number of likely N-dealkylation sites (N-methyl/N-ethyl adjacent to an activating group) is 1. The summed E-state index contributed by atoms with van der Waals surface area (Å²) in [5.74, 6) is 0.823. The molecule has 3 aromatic carbocycles. The fraction of sp³-hybridized carbons (Fsp3) is 0.300. The van der Waals surface area contributed by atoms with Crippen molar-refractivity contribution < 1.29 is 22.7 Å². The van der Waals surface area contributed by atoms with Crippen LogP contribution in [0.2, 0.25) is 0 Å². The fourth-order valence-corrected chi connectivity index (χ4v) is 6.01. The maximum absolute atomic E-state index is 13.7. The van der Waals surface area contributed by atoms with E-state index in [0.29, 0.717) is 39.7 Å². The molecule has 5 rings (SSSR count). The predicted molar refractivity (Wildman–Crippen MR) is 162 cm³/mol. The highest BCUT2D eigenvalue weighted by molar-refractivity contribution is 7.90. The molecular weight excluding hydrogens is 556 g/mol. The first-order valence-corrected chi connectivity index (χ1v) is 15.2. The van der Waals surface area contributed by atoms with Crippen molar-refractivity contribution in [1.82, 2.24) is 19.8 Å². The summed E-state index contributed by atoms with van der Waals surface area (Å²) in [6.07, 6.45) is 0. The lowest BCUT2D eigenvalue weighted by molar-refractivity contribution is -0.117. The first-order valence-electron chi connectivity index (χ1n) is 13.5. The Morgan fingerprint density at radius 3 is 2.19 bits per heavy atom. The van der Waals surface area contributed by atoms with E-state index < -0.39 is 15.6 Å². The Hall–Kier alpha value is -4.26. The number of methoxy groups -OCH3 is 2. The second-order valence-electron chi connectivity index (χ2n) is 10.1. The zero-order valence-electron chi connectivity index (χ0n) is 23.8. The summed E-state index contributed by atoms with van der Waals surface area (Å²) < 4.78 is 38.1. The highest BCUT2D eigenvalue weighted by atomic mass is 32.2. The van der Waals surface area contributed by atoms with Gasteiger partial charge in [0.1, 0.15) is 17.3 Å². The normalized spacial score (nSPS) is 14.5. The van der Waals surface area contributed by atoms with Crippen LogP contribution in [0, 0.1) is 0 Å². The first-order chi connectivity index (χ1) is 20.2. The van der Waals surface area contributed by atoms with Crippen molar-refractivity contribution in [2.75, 3.05) is 64.6 Å². The van der Waals surface area contributed by atoms with Crippen LogP contribution < -0.4 is 20.1 Å². The van der Waals surface area contributed by atoms with Gasteiger partial charge in [-0.25, -0.2) is 18.4 Å². The maximum atomic E-state index is 13.7. The van der Waals surface area contributed by atoms with Gasteiger partial charge < -0.3 is 25.0 Å². The van der Waals surface area contributed by atoms with E-state index in [9.17, 15) is 13.2 Å². The molecule has 0 bridgehead atoms. The van der Waals surface area contributed by atoms with Gasteiger partial charge in [0, 0.05) is 55.8 Å². The molecule has 2 N–H and O–H groups in total. The summed E-state index contributed by atoms with van der Waals surface area (Å²) in [5.41, 5.74) is 2.45. The molecule has 4 aromatic rings. The van der Waals surface area contributed by atoms with Crippen molar-refractivity contribution in [3.05, 3.63) is 72.4 Å². The molecule has 2 heterocycles. The van der Waals surface area contributed by atoms with Crippen LogP contribution in [0.25, 0.3) is 11.0 Å². The zero-order chi connectivity index (χ0) is 29.7. The molecule has 42 heavy (non-hydrogen) atoms. The van der Waals surface area contributed by atoms with Gasteiger partial charge in [-0.05, 0) is 37.4 Å². The molecule has 1 aliphatic rings. The van der Waals surface area contributed by atoms with E-state index in [0.717, 1.165) is 26.2 Å². The SMILES string of the molecule is COc1cc(Nc2nc3ccccc3nc2CS(=O)(=O)c2cccc(NC(=O)CN3CCN(C)CC3)c2)cc(OC)c1. The Morgan fingerprint density at radius 2 is 1.52 bits per heavy atom. The minimum Gasteiger partial charge on any atom is -0.497 e. The lowest BCUT2D eigenvalue weighted by Gasteiger charge is -2.31. The molecule has 0 spiro atoms. The van der Waals surface area contributed by atoms with Gasteiger partial charge in [-0.15, -0.1) is 0 Å². The molecular formula is C30H34N6O5S. The lowest BCUT2D eigenvalue weighted by atomic mass is 10.2. The molecule has 12 heteroatoms. The number of amides is 1. The Morgan fingerprint density at radius 1 is 0.857 bits per heavy atom. The third-order valence-corrected chi connectivity index (χ3v) is 8.65. The van der Waals surface area contributed by atoms with Crippen molar-refractivity contribution in [2.24, 2.45) is 0 Å². The maximum Gasteiger partial charge on any atom is 0.238 e. The van der Waals surface area contributed by atoms with Gasteiger partial charge in [0.25, 0.3) is 0 Å². The van der Waals surface area contributed by atoms with Crippen LogP contribution in [0.4, 0.5) is 17.2 Å². The molecule has 1 amide bonds. The second-order valence-corrected chi connectivity index (χ2v) is 12.1. The number of rotatable bonds is 10. The van der Waals surface area contributed by atoms with Gasteiger partial charge in [0.2, 0.25) is 5.91 Å². The summed E-state index contributed by atoms with van der Waals surface area (Å²) in [6.45, 7) is 3.68. The van der Waals surface area contributed by atoms with E-state index in [2.05, 4.69) is 32.5 Å². The number of sulfone groups is 1. The summed E-state index contributed by atoms with van der Waals surface area (Å²) in [6, 6.07) is 18.8. The molecule has 0 atom stereocenters. The van der Waals surface area contributed by atoms with Crippen molar-refractivity contribution in [2.45, 2.75) is 10.6 Å². The van der Waals surface area contributed by atoms with E-state index in [1.807, 2.05) is 18.2 Å². The number of hydrogen-bond donors (Lipinski definition) is 2. The summed E-state index contributed by atoms with van der Waals surface area (Å²) >= 11 is 0. The van der Waals surface area contributed by atoms with Crippen molar-refractivity contribution in [1.29, 1.82) is 0 Å². The predicted octanol–water partition coefficient (Wildman–Crippen LogP) is 3.55. The van der Waals surface area contributed by atoms with Gasteiger partial charge in [0.15, 0.2) is 15.7 Å². The van der Waals surface area contributed by atoms with Gasteiger partial charge in [-0.2, -0.15) is 0 Å². The summed E-state index contributed by atoms with van der Waals surface area (Å²) in [7, 11) is 1.29. The molecule has 1 aromatic heterocycles. The number of aromatic nitrogens is 2. The standard InChI is InChI=1S/C30H34N6O5S/c1-35-11-13-36(14-12-35)19-29(37)31-21-7-6-8-25(17-21)42(38,39)20-28-30(34-27-10-5-4-9-26(27)33-28)32-22-15-23(40-2)18-24(16-22)41-3/h4-10,15-18H,11-14,19-20H2,1-3H3,(H,31,37)(H,32,34). The van der Waals surface area contributed by atoms with Crippen LogP contribution in [0.5, 0.6) is 11.5 Å². The third kappa shape index (κ3) is 7.14. The number of fused-ring (bicyclic) bond motifs is 1. The third-order valence-electron chi connectivity index (χ3n) is 7.02. The highest BCUT2D eigenvalue weighted by Crippen LogP contribution is 2.30. The molecule has 1 aliphatic heterocycles. The summed E-state index contributed by atoms with van der Waals surface area (Å²) in [4.78, 5) is 26.4. The quantitative estimate of drug-likeness (QED) is 0.283. The number of benzene rings is 3. The first kappa shape index (κ1) is 29.2. The van der Waals surface area contributed by atoms with E-state index in [1.54, 1.807) is 50.6 Å². The van der Waals surface area contributed by atoms with Crippen molar-refractivity contribution in [3.8, 4) is 11.5 Å². The largest absolute Gasteiger partial charge is 0.497 e. The van der Waals surface area contributed by atoms with E-state index in [1.165, 1.54) is 12.1 Å². The van der Waals surface area contributed by atoms with Crippen LogP contribution in [0.15, 0.2) is 71.6 Å². The minimum atomic E-state index is -3.87. The van der Waals surface area contributed by atoms with Crippen LogP contribution in [-0.2, 0) is 20.4 Å². The van der Waals surface area contributed by atoms with Gasteiger partial charge in [-0.1, -0.05) is 18.2 Å². The number of anilines is 3. The van der Waals surface area contributed by atoms with Crippen LogP contribution in [0.3, 0.4) is 0 Å². The Kier molecular flexibility index (Phi) is 8.86. The van der Waals surface area contributed by atoms with Crippen LogP contribution in [0.1, 0.15) is 5.69 Å². The molecule has 220 valence electrons. The van der Waals surface area contributed by atoms with Crippen LogP contribution >= 0.6 is 0 Å². The number of para-hydroxylation sites is 2. The van der Waals surface area contributed by atoms with E-state index >= 15 is 0 Å². The van der Waals surface area contributed by atoms with E-state index in [4.69, 9.17) is 14.5 Å². The number of piperazine rings is 1. The number of ether oxygens (including phenoxy) is 2. The molecule has 1 saturated heterocycles. The van der Waals surface area contributed by atoms with Gasteiger partial charge in [0.05, 0.1) is 42.4 Å². The van der Waals surface area contributed by atoms with Crippen molar-refractivity contribution >= 4 is 44.0 Å². The summed E-state index contributed by atoms with van der Waals surface area (Å²) in [5, 5.41) is 6.05. The Labute approximate surface area is 245 Å². The second kappa shape index (κ2) is 12.7.